The summed E-state index contributed by atoms with van der Waals surface area (Å²) >= 11 is 1.86. The van der Waals surface area contributed by atoms with Crippen LogP contribution in [0.4, 0.5) is 10.5 Å². The summed E-state index contributed by atoms with van der Waals surface area (Å²) in [6.45, 7) is 0.135. The highest BCUT2D eigenvalue weighted by atomic mass is 32.2. The van der Waals surface area contributed by atoms with E-state index in [4.69, 9.17) is 5.11 Å². The molecule has 1 aliphatic rings. The number of carboxylic acid groups (broad SMARTS) is 1. The second-order valence-electron chi connectivity index (χ2n) is 4.91. The Hall–Kier alpha value is -1.89. The van der Waals surface area contributed by atoms with Crippen molar-refractivity contribution in [2.24, 2.45) is 5.92 Å². The van der Waals surface area contributed by atoms with Gasteiger partial charge in [0.2, 0.25) is 0 Å². The van der Waals surface area contributed by atoms with Crippen LogP contribution in [0.2, 0.25) is 0 Å². The SMILES string of the molecule is O=C(O)CN(C(=O)NCC1CCSC1)c1ccc(O)cc1. The average molecular weight is 310 g/mol. The fourth-order valence-electron chi connectivity index (χ4n) is 2.12. The van der Waals surface area contributed by atoms with E-state index < -0.39 is 18.5 Å². The molecule has 1 aromatic carbocycles. The number of benzene rings is 1. The molecule has 1 aromatic rings. The number of hydrogen-bond donors (Lipinski definition) is 3. The zero-order valence-electron chi connectivity index (χ0n) is 11.5. The number of carboxylic acids is 1. The number of carbonyl (C=O) groups is 2. The maximum atomic E-state index is 12.2. The third kappa shape index (κ3) is 4.56. The number of carbonyl (C=O) groups excluding carboxylic acids is 1. The minimum absolute atomic E-state index is 0.0670. The highest BCUT2D eigenvalue weighted by Gasteiger charge is 2.21. The number of thioether (sulfide) groups is 1. The first kappa shape index (κ1) is 15.5. The molecule has 0 aromatic heterocycles. The molecule has 1 fully saturated rings. The number of nitrogens with one attached hydrogen (secondary N) is 1. The molecule has 3 N–H and O–H groups in total. The molecule has 1 saturated heterocycles. The van der Waals surface area contributed by atoms with Gasteiger partial charge >= 0.3 is 12.0 Å². The zero-order valence-corrected chi connectivity index (χ0v) is 12.3. The zero-order chi connectivity index (χ0) is 15.2. The number of amides is 2. The van der Waals surface area contributed by atoms with Gasteiger partial charge in [0.05, 0.1) is 0 Å². The standard InChI is InChI=1S/C14H18N2O4S/c17-12-3-1-11(2-4-12)16(8-13(18)19)14(20)15-7-10-5-6-21-9-10/h1-4,10,17H,5-9H2,(H,15,20)(H,18,19). The van der Waals surface area contributed by atoms with Gasteiger partial charge < -0.3 is 15.5 Å². The molecule has 6 nitrogen and oxygen atoms in total. The van der Waals surface area contributed by atoms with Crippen LogP contribution in [0.5, 0.6) is 5.75 Å². The summed E-state index contributed by atoms with van der Waals surface area (Å²) < 4.78 is 0. The van der Waals surface area contributed by atoms with Crippen molar-refractivity contribution in [3.05, 3.63) is 24.3 Å². The third-order valence-electron chi connectivity index (χ3n) is 3.27. The topological polar surface area (TPSA) is 89.9 Å². The third-order valence-corrected chi connectivity index (χ3v) is 4.50. The molecule has 0 radical (unpaired) electrons. The van der Waals surface area contributed by atoms with E-state index in [0.717, 1.165) is 22.8 Å². The van der Waals surface area contributed by atoms with Gasteiger partial charge in [0.1, 0.15) is 12.3 Å². The van der Waals surface area contributed by atoms with Crippen LogP contribution >= 0.6 is 11.8 Å². The summed E-state index contributed by atoms with van der Waals surface area (Å²) in [7, 11) is 0. The van der Waals surface area contributed by atoms with Crippen LogP contribution in [0.1, 0.15) is 6.42 Å². The van der Waals surface area contributed by atoms with E-state index in [1.165, 1.54) is 24.3 Å². The Morgan fingerprint density at radius 1 is 1.33 bits per heavy atom. The summed E-state index contributed by atoms with van der Waals surface area (Å²) in [5, 5.41) is 21.0. The van der Waals surface area contributed by atoms with Crippen LogP contribution in [-0.4, -0.2) is 46.8 Å². The number of aromatic hydroxyl groups is 1. The molecule has 0 bridgehead atoms. The minimum atomic E-state index is -1.09. The van der Waals surface area contributed by atoms with Crippen LogP contribution < -0.4 is 10.2 Å². The second kappa shape index (κ2) is 7.21. The molecule has 1 aliphatic heterocycles. The summed E-state index contributed by atoms with van der Waals surface area (Å²) in [4.78, 5) is 24.3. The van der Waals surface area contributed by atoms with E-state index >= 15 is 0 Å². The molecule has 0 aliphatic carbocycles. The molecule has 0 spiro atoms. The predicted molar refractivity (Wildman–Crippen MR) is 81.9 cm³/mol. The maximum absolute atomic E-state index is 12.2. The molecule has 0 saturated carbocycles. The Balaban J connectivity index is 2.01. The van der Waals surface area contributed by atoms with E-state index in [1.54, 1.807) is 0 Å². The molecule has 21 heavy (non-hydrogen) atoms. The number of aliphatic carboxylic acids is 1. The Labute approximate surface area is 127 Å². The van der Waals surface area contributed by atoms with Crippen LogP contribution in [-0.2, 0) is 4.79 Å². The number of phenolic OH excluding ortho intramolecular Hbond substituents is 1. The average Bonchev–Trinajstić information content (AvgIpc) is 2.96. The van der Waals surface area contributed by atoms with Crippen molar-refractivity contribution >= 4 is 29.4 Å². The number of phenols is 1. The molecule has 1 atom stereocenters. The fourth-order valence-corrected chi connectivity index (χ4v) is 3.40. The second-order valence-corrected chi connectivity index (χ2v) is 6.06. The summed E-state index contributed by atoms with van der Waals surface area (Å²) in [5.74, 6) is 1.56. The monoisotopic (exact) mass is 310 g/mol. The van der Waals surface area contributed by atoms with Gasteiger partial charge in [0.15, 0.2) is 0 Å². The Morgan fingerprint density at radius 2 is 2.05 bits per heavy atom. The maximum Gasteiger partial charge on any atom is 0.323 e. The summed E-state index contributed by atoms with van der Waals surface area (Å²) in [6.07, 6.45) is 1.07. The molecule has 114 valence electrons. The molecule has 2 rings (SSSR count). The highest BCUT2D eigenvalue weighted by molar-refractivity contribution is 7.99. The van der Waals surface area contributed by atoms with Crippen molar-refractivity contribution in [1.82, 2.24) is 5.32 Å². The molecular formula is C14H18N2O4S. The molecule has 7 heteroatoms. The number of rotatable bonds is 5. The van der Waals surface area contributed by atoms with Crippen molar-refractivity contribution < 1.29 is 19.8 Å². The Kier molecular flexibility index (Phi) is 5.32. The van der Waals surface area contributed by atoms with Gasteiger partial charge in [-0.2, -0.15) is 11.8 Å². The lowest BCUT2D eigenvalue weighted by molar-refractivity contribution is -0.135. The minimum Gasteiger partial charge on any atom is -0.508 e. The number of anilines is 1. The number of nitrogens with zero attached hydrogens (tertiary/aromatic N) is 1. The molecule has 1 unspecified atom stereocenters. The van der Waals surface area contributed by atoms with Crippen LogP contribution in [0, 0.1) is 5.92 Å². The normalized spacial score (nSPS) is 17.4. The first-order valence-corrected chi connectivity index (χ1v) is 7.85. The quantitative estimate of drug-likeness (QED) is 0.771. The largest absolute Gasteiger partial charge is 0.508 e. The fraction of sp³-hybridized carbons (Fsp3) is 0.429. The lowest BCUT2D eigenvalue weighted by atomic mass is 10.1. The van der Waals surface area contributed by atoms with Gasteiger partial charge in [0.25, 0.3) is 0 Å². The Morgan fingerprint density at radius 3 is 2.62 bits per heavy atom. The first-order valence-electron chi connectivity index (χ1n) is 6.70. The van der Waals surface area contributed by atoms with Crippen LogP contribution in [0.3, 0.4) is 0 Å². The lowest BCUT2D eigenvalue weighted by Gasteiger charge is -2.22. The van der Waals surface area contributed by atoms with Gasteiger partial charge in [-0.25, -0.2) is 4.79 Å². The van der Waals surface area contributed by atoms with E-state index in [2.05, 4.69) is 5.32 Å². The van der Waals surface area contributed by atoms with Gasteiger partial charge in [-0.1, -0.05) is 0 Å². The van der Waals surface area contributed by atoms with Crippen LogP contribution in [0.25, 0.3) is 0 Å². The first-order chi connectivity index (χ1) is 10.1. The molecular weight excluding hydrogens is 292 g/mol. The molecule has 2 amide bonds. The van der Waals surface area contributed by atoms with Crippen molar-refractivity contribution in [2.75, 3.05) is 29.5 Å². The van der Waals surface area contributed by atoms with Gasteiger partial charge in [0, 0.05) is 12.2 Å². The lowest BCUT2D eigenvalue weighted by Crippen LogP contribution is -2.44. The summed E-state index contributed by atoms with van der Waals surface area (Å²) in [6, 6.07) is 5.45. The molecule has 1 heterocycles. The van der Waals surface area contributed by atoms with E-state index in [1.807, 2.05) is 11.8 Å². The van der Waals surface area contributed by atoms with Crippen molar-refractivity contribution in [2.45, 2.75) is 6.42 Å². The smallest absolute Gasteiger partial charge is 0.323 e. The van der Waals surface area contributed by atoms with Crippen molar-refractivity contribution in [1.29, 1.82) is 0 Å². The van der Waals surface area contributed by atoms with Gasteiger partial charge in [-0.05, 0) is 48.1 Å². The van der Waals surface area contributed by atoms with Gasteiger partial charge in [-0.15, -0.1) is 0 Å². The van der Waals surface area contributed by atoms with Crippen molar-refractivity contribution in [3.8, 4) is 5.75 Å². The summed E-state index contributed by atoms with van der Waals surface area (Å²) in [5.41, 5.74) is 0.438. The predicted octanol–water partition coefficient (Wildman–Crippen LogP) is 1.75. The van der Waals surface area contributed by atoms with E-state index in [0.29, 0.717) is 18.2 Å². The van der Waals surface area contributed by atoms with Crippen LogP contribution in [0.15, 0.2) is 24.3 Å². The Bertz CT molecular complexity index is 500. The van der Waals surface area contributed by atoms with E-state index in [-0.39, 0.29) is 5.75 Å². The van der Waals surface area contributed by atoms with Crippen molar-refractivity contribution in [3.63, 3.8) is 0 Å². The van der Waals surface area contributed by atoms with E-state index in [9.17, 15) is 14.7 Å². The number of hydrogen-bond acceptors (Lipinski definition) is 4. The number of urea groups is 1. The van der Waals surface area contributed by atoms with Gasteiger partial charge in [-0.3, -0.25) is 9.69 Å². The highest BCUT2D eigenvalue weighted by Crippen LogP contribution is 2.23.